The second-order valence-electron chi connectivity index (χ2n) is 13.7. The molecule has 1 saturated heterocycles. The third kappa shape index (κ3) is 9.16. The van der Waals surface area contributed by atoms with Gasteiger partial charge in [-0.3, -0.25) is 4.90 Å². The summed E-state index contributed by atoms with van der Waals surface area (Å²) >= 11 is 0. The zero-order valence-corrected chi connectivity index (χ0v) is 28.0. The predicted molar refractivity (Wildman–Crippen MR) is 164 cm³/mol. The van der Waals surface area contributed by atoms with Gasteiger partial charge in [0.25, 0.3) is 0 Å². The summed E-state index contributed by atoms with van der Waals surface area (Å²) in [6, 6.07) is 6.47. The molecule has 0 N–H and O–H groups in total. The lowest BCUT2D eigenvalue weighted by molar-refractivity contribution is -0.274. The van der Waals surface area contributed by atoms with Gasteiger partial charge in [0.2, 0.25) is 5.88 Å². The van der Waals surface area contributed by atoms with Crippen LogP contribution in [0.15, 0.2) is 36.5 Å². The van der Waals surface area contributed by atoms with Crippen molar-refractivity contribution in [1.29, 1.82) is 0 Å². The van der Waals surface area contributed by atoms with Gasteiger partial charge in [0.05, 0.1) is 30.7 Å². The van der Waals surface area contributed by atoms with Gasteiger partial charge < -0.3 is 23.8 Å². The molecule has 0 bridgehead atoms. The number of alkyl halides is 5. The third-order valence-corrected chi connectivity index (χ3v) is 6.92. The SMILES string of the molecule is CC(C)c1cnc2c(N(Cc3ccccc3OC(F)(F)F)C(=O)OC(C)(C)C)cc(OC3CCN(C(=O)OC(C)(C)C)CC3(F)F)nn12. The van der Waals surface area contributed by atoms with Crippen LogP contribution in [0.3, 0.4) is 0 Å². The van der Waals surface area contributed by atoms with Gasteiger partial charge in [0.15, 0.2) is 11.8 Å². The Balaban J connectivity index is 1.78. The molecule has 4 rings (SSSR count). The number of aromatic nitrogens is 3. The lowest BCUT2D eigenvalue weighted by Gasteiger charge is -2.38. The number of ether oxygens (including phenoxy) is 4. The van der Waals surface area contributed by atoms with Crippen molar-refractivity contribution >= 4 is 23.5 Å². The number of piperidine rings is 1. The zero-order chi connectivity index (χ0) is 35.8. The smallest absolute Gasteiger partial charge is 0.467 e. The van der Waals surface area contributed by atoms with E-state index < -0.39 is 60.6 Å². The van der Waals surface area contributed by atoms with Crippen molar-refractivity contribution in [2.75, 3.05) is 18.0 Å². The Labute approximate surface area is 274 Å². The van der Waals surface area contributed by atoms with Crippen LogP contribution >= 0.6 is 0 Å². The molecule has 1 atom stereocenters. The molecule has 1 aliphatic rings. The number of para-hydroxylation sites is 1. The fraction of sp³-hybridized carbons (Fsp3) is 0.562. The molecule has 2 aromatic heterocycles. The summed E-state index contributed by atoms with van der Waals surface area (Å²) in [6.07, 6.45) is -7.38. The quantitative estimate of drug-likeness (QED) is 0.233. The first-order valence-electron chi connectivity index (χ1n) is 15.3. The summed E-state index contributed by atoms with van der Waals surface area (Å²) in [5.41, 5.74) is -1.34. The maximum Gasteiger partial charge on any atom is 0.573 e. The van der Waals surface area contributed by atoms with Crippen molar-refractivity contribution in [3.05, 3.63) is 47.8 Å². The fourth-order valence-electron chi connectivity index (χ4n) is 4.88. The molecule has 0 radical (unpaired) electrons. The van der Waals surface area contributed by atoms with E-state index in [2.05, 4.69) is 14.8 Å². The van der Waals surface area contributed by atoms with E-state index in [1.54, 1.807) is 41.5 Å². The molecule has 1 unspecified atom stereocenters. The highest BCUT2D eigenvalue weighted by atomic mass is 19.4. The van der Waals surface area contributed by atoms with E-state index in [1.807, 2.05) is 13.8 Å². The topological polar surface area (TPSA) is 108 Å². The fourth-order valence-corrected chi connectivity index (χ4v) is 4.88. The molecule has 3 heterocycles. The molecule has 3 aromatic rings. The minimum Gasteiger partial charge on any atom is -0.467 e. The van der Waals surface area contributed by atoms with E-state index >= 15 is 8.78 Å². The number of rotatable bonds is 7. The van der Waals surface area contributed by atoms with Crippen LogP contribution in [-0.4, -0.2) is 74.4 Å². The molecule has 0 spiro atoms. The Morgan fingerprint density at radius 2 is 1.69 bits per heavy atom. The van der Waals surface area contributed by atoms with Crippen molar-refractivity contribution in [3.63, 3.8) is 0 Å². The number of amides is 2. The molecule has 1 aromatic carbocycles. The van der Waals surface area contributed by atoms with Crippen LogP contribution < -0.4 is 14.4 Å². The lowest BCUT2D eigenvalue weighted by atomic mass is 10.0. The molecular formula is C32H40F5N5O6. The summed E-state index contributed by atoms with van der Waals surface area (Å²) in [5.74, 6) is -4.57. The van der Waals surface area contributed by atoms with E-state index in [-0.39, 0.29) is 41.7 Å². The number of hydrogen-bond donors (Lipinski definition) is 0. The van der Waals surface area contributed by atoms with Gasteiger partial charge in [0.1, 0.15) is 17.0 Å². The second kappa shape index (κ2) is 13.3. The minimum absolute atomic E-state index is 0.0301. The molecule has 48 heavy (non-hydrogen) atoms. The number of nitrogens with zero attached hydrogens (tertiary/aromatic N) is 5. The summed E-state index contributed by atoms with van der Waals surface area (Å²) < 4.78 is 93.0. The minimum atomic E-state index is -5.02. The monoisotopic (exact) mass is 685 g/mol. The molecule has 264 valence electrons. The largest absolute Gasteiger partial charge is 0.573 e. The first-order chi connectivity index (χ1) is 22.0. The van der Waals surface area contributed by atoms with Crippen molar-refractivity contribution in [2.45, 2.75) is 104 Å². The van der Waals surface area contributed by atoms with E-state index in [0.717, 1.165) is 15.9 Å². The Morgan fingerprint density at radius 3 is 2.27 bits per heavy atom. The number of halogens is 5. The van der Waals surface area contributed by atoms with Gasteiger partial charge in [-0.1, -0.05) is 32.0 Å². The van der Waals surface area contributed by atoms with Crippen molar-refractivity contribution in [1.82, 2.24) is 19.5 Å². The van der Waals surface area contributed by atoms with Gasteiger partial charge in [0, 0.05) is 24.6 Å². The number of hydrogen-bond acceptors (Lipinski definition) is 8. The number of imidazole rings is 1. The van der Waals surface area contributed by atoms with E-state index in [4.69, 9.17) is 14.2 Å². The standard InChI is InChI=1S/C32H40F5N5O6/c1-19(2)22-16-38-26-21(41(28(44)48-30(6,7)8)17-20-11-9-10-12-23(20)46-32(35,36)37)15-25(39-42(22)26)45-24-13-14-40(18-31(24,33)34)27(43)47-29(3,4)5/h9-12,15-16,19,24H,13-14,17-18H2,1-8H3. The first kappa shape index (κ1) is 36.5. The second-order valence-corrected chi connectivity index (χ2v) is 13.7. The van der Waals surface area contributed by atoms with E-state index in [0.29, 0.717) is 5.69 Å². The molecule has 2 amide bonds. The number of fused-ring (bicyclic) bond motifs is 1. The van der Waals surface area contributed by atoms with Gasteiger partial charge >= 0.3 is 24.5 Å². The number of benzene rings is 1. The van der Waals surface area contributed by atoms with Gasteiger partial charge in [-0.25, -0.2) is 27.9 Å². The Kier molecular flexibility index (Phi) is 10.1. The lowest BCUT2D eigenvalue weighted by Crippen LogP contribution is -2.56. The van der Waals surface area contributed by atoms with Crippen LogP contribution in [0.25, 0.3) is 5.65 Å². The maximum absolute atomic E-state index is 15.5. The van der Waals surface area contributed by atoms with Crippen LogP contribution in [0.1, 0.15) is 79.0 Å². The number of carbonyl (C=O) groups is 2. The van der Waals surface area contributed by atoms with E-state index in [1.165, 1.54) is 35.0 Å². The highest BCUT2D eigenvalue weighted by molar-refractivity contribution is 5.92. The summed E-state index contributed by atoms with van der Waals surface area (Å²) in [7, 11) is 0. The number of likely N-dealkylation sites (tertiary alicyclic amines) is 1. The van der Waals surface area contributed by atoms with Crippen LogP contribution in [0.5, 0.6) is 11.6 Å². The van der Waals surface area contributed by atoms with Gasteiger partial charge in [-0.2, -0.15) is 0 Å². The molecule has 11 nitrogen and oxygen atoms in total. The van der Waals surface area contributed by atoms with Gasteiger partial charge in [-0.15, -0.1) is 18.3 Å². The molecule has 1 fully saturated rings. The predicted octanol–water partition coefficient (Wildman–Crippen LogP) is 7.72. The van der Waals surface area contributed by atoms with Crippen molar-refractivity contribution in [2.24, 2.45) is 0 Å². The van der Waals surface area contributed by atoms with Gasteiger partial charge in [-0.05, 0) is 53.5 Å². The van der Waals surface area contributed by atoms with Crippen LogP contribution in [0.4, 0.5) is 37.2 Å². The maximum atomic E-state index is 15.5. The number of carbonyl (C=O) groups excluding carboxylic acids is 2. The third-order valence-electron chi connectivity index (χ3n) is 6.92. The number of anilines is 1. The van der Waals surface area contributed by atoms with Crippen molar-refractivity contribution in [3.8, 4) is 11.6 Å². The van der Waals surface area contributed by atoms with E-state index in [9.17, 15) is 22.8 Å². The van der Waals surface area contributed by atoms with Crippen LogP contribution in [-0.2, 0) is 16.0 Å². The Morgan fingerprint density at radius 1 is 1.04 bits per heavy atom. The average Bonchev–Trinajstić information content (AvgIpc) is 3.35. The normalized spacial score (nSPS) is 17.0. The van der Waals surface area contributed by atoms with Crippen molar-refractivity contribution < 1.29 is 50.5 Å². The molecular weight excluding hydrogens is 645 g/mol. The van der Waals surface area contributed by atoms with Crippen LogP contribution in [0.2, 0.25) is 0 Å². The molecule has 1 aliphatic heterocycles. The highest BCUT2D eigenvalue weighted by Crippen LogP contribution is 2.36. The zero-order valence-electron chi connectivity index (χ0n) is 28.0. The Hall–Kier alpha value is -4.37. The summed E-state index contributed by atoms with van der Waals surface area (Å²) in [5, 5.41) is 4.41. The molecule has 16 heteroatoms. The summed E-state index contributed by atoms with van der Waals surface area (Å²) in [4.78, 5) is 32.6. The highest BCUT2D eigenvalue weighted by Gasteiger charge is 2.49. The molecule has 0 aliphatic carbocycles. The summed E-state index contributed by atoms with van der Waals surface area (Å²) in [6.45, 7) is 11.8. The Bertz CT molecular complexity index is 1630. The van der Waals surface area contributed by atoms with Crippen LogP contribution in [0, 0.1) is 0 Å². The molecule has 0 saturated carbocycles. The first-order valence-corrected chi connectivity index (χ1v) is 15.3. The average molecular weight is 686 g/mol.